The fourth-order valence-electron chi connectivity index (χ4n) is 6.87. The lowest BCUT2D eigenvalue weighted by Gasteiger charge is -2.50. The first-order valence-electron chi connectivity index (χ1n) is 15.2. The van der Waals surface area contributed by atoms with E-state index in [1.807, 2.05) is 11.3 Å². The summed E-state index contributed by atoms with van der Waals surface area (Å²) < 4.78 is 37.9. The molecular formula is C32H36F2N8O2. The molecule has 4 atom stereocenters. The van der Waals surface area contributed by atoms with E-state index in [4.69, 9.17) is 14.7 Å². The van der Waals surface area contributed by atoms with Crippen molar-refractivity contribution < 1.29 is 18.6 Å². The number of nitrogens with zero attached hydrogens (tertiary/aromatic N) is 8. The number of fused-ring (bicyclic) bond motifs is 3. The van der Waals surface area contributed by atoms with Crippen molar-refractivity contribution in [1.29, 1.82) is 0 Å². The van der Waals surface area contributed by atoms with Gasteiger partial charge < -0.3 is 19.3 Å². The summed E-state index contributed by atoms with van der Waals surface area (Å²) in [6, 6.07) is 12.0. The third-order valence-corrected chi connectivity index (χ3v) is 9.07. The van der Waals surface area contributed by atoms with Gasteiger partial charge in [0, 0.05) is 25.7 Å². The Balaban J connectivity index is 1.30. The fourth-order valence-corrected chi connectivity index (χ4v) is 6.87. The van der Waals surface area contributed by atoms with E-state index in [9.17, 15) is 13.9 Å². The number of aliphatic hydroxyl groups is 1. The largest absolute Gasteiger partial charge is 0.392 e. The molecule has 0 spiro atoms. The highest BCUT2D eigenvalue weighted by atomic mass is 19.1. The van der Waals surface area contributed by atoms with Crippen LogP contribution in [0.4, 0.5) is 14.6 Å². The number of benzene rings is 2. The molecule has 5 heterocycles. The van der Waals surface area contributed by atoms with Crippen LogP contribution >= 0.6 is 0 Å². The lowest BCUT2D eigenvalue weighted by molar-refractivity contribution is 0.0255. The van der Waals surface area contributed by atoms with Gasteiger partial charge in [-0.3, -0.25) is 4.90 Å². The standard InChI is InChI=1S/C32H36F2N8O2/c1-19-15-41(29(22-6-10-24(33)11-7-22)23-8-12-25(34)13-9-23)27(20(2)43)17-39(19)30-28-31(42-18-35-38-32(42)37-30)40(21(3)36-28)16-26-5-4-14-44-26/h6-13,18-20,26-27,29,43H,4-5,14-17H2,1-3H3/t19-,20-,26?,27-/m0/s1. The maximum atomic E-state index is 14.0. The summed E-state index contributed by atoms with van der Waals surface area (Å²) in [5, 5.41) is 19.7. The van der Waals surface area contributed by atoms with Gasteiger partial charge in [0.1, 0.15) is 29.3 Å². The average molecular weight is 603 g/mol. The molecule has 44 heavy (non-hydrogen) atoms. The van der Waals surface area contributed by atoms with E-state index in [1.165, 1.54) is 24.3 Å². The van der Waals surface area contributed by atoms with Crippen LogP contribution in [-0.2, 0) is 11.3 Å². The predicted octanol–water partition coefficient (Wildman–Crippen LogP) is 4.29. The van der Waals surface area contributed by atoms with E-state index in [1.54, 1.807) is 37.5 Å². The van der Waals surface area contributed by atoms with E-state index in [0.29, 0.717) is 31.2 Å². The Morgan fingerprint density at radius 2 is 1.68 bits per heavy atom. The molecule has 0 bridgehead atoms. The lowest BCUT2D eigenvalue weighted by atomic mass is 9.92. The highest BCUT2D eigenvalue weighted by molar-refractivity contribution is 5.87. The van der Waals surface area contributed by atoms with Crippen LogP contribution in [0.3, 0.4) is 0 Å². The van der Waals surface area contributed by atoms with E-state index < -0.39 is 6.10 Å². The van der Waals surface area contributed by atoms with Crippen molar-refractivity contribution >= 4 is 22.8 Å². The van der Waals surface area contributed by atoms with Crippen LogP contribution in [0.5, 0.6) is 0 Å². The molecule has 5 aromatic rings. The molecule has 10 nitrogen and oxygen atoms in total. The van der Waals surface area contributed by atoms with E-state index in [-0.39, 0.29) is 35.9 Å². The van der Waals surface area contributed by atoms with Gasteiger partial charge >= 0.3 is 0 Å². The van der Waals surface area contributed by atoms with Gasteiger partial charge in [0.05, 0.1) is 30.8 Å². The second kappa shape index (κ2) is 11.5. The first kappa shape index (κ1) is 28.8. The van der Waals surface area contributed by atoms with Gasteiger partial charge in [-0.1, -0.05) is 24.3 Å². The van der Waals surface area contributed by atoms with Crippen LogP contribution < -0.4 is 4.90 Å². The molecule has 0 aliphatic carbocycles. The van der Waals surface area contributed by atoms with Crippen molar-refractivity contribution in [2.75, 3.05) is 24.6 Å². The summed E-state index contributed by atoms with van der Waals surface area (Å²) in [7, 11) is 0. The highest BCUT2D eigenvalue weighted by Gasteiger charge is 2.40. The highest BCUT2D eigenvalue weighted by Crippen LogP contribution is 2.37. The molecule has 1 unspecified atom stereocenters. The Hall–Kier alpha value is -4.00. The van der Waals surface area contributed by atoms with Gasteiger partial charge in [0.25, 0.3) is 5.78 Å². The quantitative estimate of drug-likeness (QED) is 0.295. The molecule has 2 saturated heterocycles. The number of hydrogen-bond acceptors (Lipinski definition) is 8. The van der Waals surface area contributed by atoms with Crippen LogP contribution in [0.15, 0.2) is 54.9 Å². The molecule has 7 rings (SSSR count). The van der Waals surface area contributed by atoms with Crippen LogP contribution in [0, 0.1) is 18.6 Å². The maximum Gasteiger partial charge on any atom is 0.258 e. The monoisotopic (exact) mass is 602 g/mol. The minimum Gasteiger partial charge on any atom is -0.392 e. The smallest absolute Gasteiger partial charge is 0.258 e. The number of rotatable bonds is 7. The molecule has 0 amide bonds. The van der Waals surface area contributed by atoms with Gasteiger partial charge in [0.15, 0.2) is 11.5 Å². The van der Waals surface area contributed by atoms with Gasteiger partial charge in [-0.2, -0.15) is 4.98 Å². The van der Waals surface area contributed by atoms with Crippen molar-refractivity contribution in [2.45, 2.75) is 70.5 Å². The first-order valence-corrected chi connectivity index (χ1v) is 15.2. The van der Waals surface area contributed by atoms with Crippen LogP contribution in [0.2, 0.25) is 0 Å². The molecular weight excluding hydrogens is 566 g/mol. The number of aliphatic hydroxyl groups excluding tert-OH is 1. The number of hydrogen-bond donors (Lipinski definition) is 1. The number of imidazole rings is 1. The topological polar surface area (TPSA) is 96.8 Å². The number of aryl methyl sites for hydroxylation is 1. The maximum absolute atomic E-state index is 14.0. The SMILES string of the molecule is Cc1nc2c(N3C[C@@H]([C@H](C)O)N(C(c4ccc(F)cc4)c4ccc(F)cc4)C[C@@H]3C)nc3nncn3c2n1CC1CCCO1. The summed E-state index contributed by atoms with van der Waals surface area (Å²) in [5.74, 6) is 1.35. The zero-order valence-electron chi connectivity index (χ0n) is 25.0. The Morgan fingerprint density at radius 3 is 2.30 bits per heavy atom. The number of anilines is 1. The van der Waals surface area contributed by atoms with Gasteiger partial charge in [-0.15, -0.1) is 10.2 Å². The zero-order valence-corrected chi connectivity index (χ0v) is 25.0. The molecule has 2 aliphatic rings. The van der Waals surface area contributed by atoms with Gasteiger partial charge in [-0.25, -0.2) is 18.2 Å². The minimum atomic E-state index is -0.723. The molecule has 2 aliphatic heterocycles. The molecule has 2 fully saturated rings. The third kappa shape index (κ3) is 5.10. The number of piperazine rings is 1. The van der Waals surface area contributed by atoms with E-state index in [0.717, 1.165) is 47.6 Å². The van der Waals surface area contributed by atoms with Crippen LogP contribution in [-0.4, -0.2) is 83.1 Å². The minimum absolute atomic E-state index is 0.0573. The number of ether oxygens (including phenoxy) is 1. The van der Waals surface area contributed by atoms with Gasteiger partial charge in [0.2, 0.25) is 0 Å². The summed E-state index contributed by atoms with van der Waals surface area (Å²) in [6.45, 7) is 8.33. The summed E-state index contributed by atoms with van der Waals surface area (Å²) in [5.41, 5.74) is 3.32. The van der Waals surface area contributed by atoms with Gasteiger partial charge in [-0.05, 0) is 69.0 Å². The molecule has 2 aromatic carbocycles. The van der Waals surface area contributed by atoms with Crippen LogP contribution in [0.25, 0.3) is 16.9 Å². The van der Waals surface area contributed by atoms with Crippen molar-refractivity contribution in [3.63, 3.8) is 0 Å². The fraction of sp³-hybridized carbons (Fsp3) is 0.438. The molecule has 1 N–H and O–H groups in total. The zero-order chi connectivity index (χ0) is 30.5. The van der Waals surface area contributed by atoms with Crippen molar-refractivity contribution in [3.8, 4) is 0 Å². The Labute approximate surface area is 253 Å². The summed E-state index contributed by atoms with van der Waals surface area (Å²) in [4.78, 5) is 14.4. The Morgan fingerprint density at radius 1 is 1.00 bits per heavy atom. The van der Waals surface area contributed by atoms with Crippen molar-refractivity contribution in [3.05, 3.63) is 83.4 Å². The van der Waals surface area contributed by atoms with Crippen molar-refractivity contribution in [1.82, 2.24) is 34.0 Å². The average Bonchev–Trinajstić information content (AvgIpc) is 3.76. The Kier molecular flexibility index (Phi) is 7.51. The lowest BCUT2D eigenvalue weighted by Crippen LogP contribution is -2.61. The molecule has 0 radical (unpaired) electrons. The number of aromatic nitrogens is 6. The normalized spacial score (nSPS) is 22.1. The van der Waals surface area contributed by atoms with Crippen molar-refractivity contribution in [2.24, 2.45) is 0 Å². The number of halogens is 2. The third-order valence-electron chi connectivity index (χ3n) is 9.07. The molecule has 12 heteroatoms. The molecule has 230 valence electrons. The molecule has 0 saturated carbocycles. The molecule has 3 aromatic heterocycles. The summed E-state index contributed by atoms with van der Waals surface area (Å²) in [6.07, 6.45) is 3.11. The van der Waals surface area contributed by atoms with Crippen LogP contribution in [0.1, 0.15) is 49.7 Å². The predicted molar refractivity (Wildman–Crippen MR) is 161 cm³/mol. The van der Waals surface area contributed by atoms with E-state index in [2.05, 4.69) is 31.5 Å². The summed E-state index contributed by atoms with van der Waals surface area (Å²) >= 11 is 0. The first-order chi connectivity index (χ1) is 21.3. The second-order valence-corrected chi connectivity index (χ2v) is 12.0. The second-order valence-electron chi connectivity index (χ2n) is 12.0. The Bertz CT molecular complexity index is 1720. The van der Waals surface area contributed by atoms with E-state index >= 15 is 0 Å².